The summed E-state index contributed by atoms with van der Waals surface area (Å²) in [6.07, 6.45) is 0. The third-order valence-corrected chi connectivity index (χ3v) is 6.66. The lowest BCUT2D eigenvalue weighted by Crippen LogP contribution is -2.30. The van der Waals surface area contributed by atoms with E-state index in [4.69, 9.17) is 4.98 Å². The lowest BCUT2D eigenvalue weighted by atomic mass is 10.2. The second kappa shape index (κ2) is 6.12. The van der Waals surface area contributed by atoms with Gasteiger partial charge < -0.3 is 4.90 Å². The number of anilines is 1. The minimum Gasteiger partial charge on any atom is -0.320 e. The smallest absolute Gasteiger partial charge is 0.194 e. The molecule has 124 valence electrons. The van der Waals surface area contributed by atoms with Gasteiger partial charge in [-0.25, -0.2) is 4.98 Å². The number of hydrogen-bond donors (Lipinski definition) is 0. The molecule has 0 amide bonds. The summed E-state index contributed by atoms with van der Waals surface area (Å²) in [4.78, 5) is 7.05. The average Bonchev–Trinajstić information content (AvgIpc) is 3.26. The summed E-state index contributed by atoms with van der Waals surface area (Å²) in [5.41, 5.74) is 2.11. The summed E-state index contributed by atoms with van der Waals surface area (Å²) >= 11 is 6.90. The molecule has 25 heavy (non-hydrogen) atoms. The largest absolute Gasteiger partial charge is 0.320 e. The van der Waals surface area contributed by atoms with Gasteiger partial charge in [0, 0.05) is 10.0 Å². The molecule has 0 saturated carbocycles. The van der Waals surface area contributed by atoms with E-state index in [1.165, 1.54) is 4.70 Å². The van der Waals surface area contributed by atoms with Gasteiger partial charge in [0.2, 0.25) is 0 Å². The number of para-hydroxylation sites is 1. The Morgan fingerprint density at radius 1 is 1.00 bits per heavy atom. The number of thioether (sulfide) groups is 1. The molecule has 0 aliphatic carbocycles. The molecule has 0 saturated heterocycles. The van der Waals surface area contributed by atoms with Gasteiger partial charge in [-0.2, -0.15) is 0 Å². The van der Waals surface area contributed by atoms with Crippen LogP contribution in [-0.4, -0.2) is 25.6 Å². The van der Waals surface area contributed by atoms with E-state index in [0.717, 1.165) is 37.5 Å². The van der Waals surface area contributed by atoms with Crippen LogP contribution in [0.1, 0.15) is 0 Å². The van der Waals surface area contributed by atoms with Crippen molar-refractivity contribution in [1.82, 2.24) is 19.7 Å². The number of aromatic nitrogens is 4. The predicted molar refractivity (Wildman–Crippen MR) is 106 cm³/mol. The third-order valence-electron chi connectivity index (χ3n) is 4.03. The molecule has 0 bridgehead atoms. The maximum atomic E-state index is 4.78. The lowest BCUT2D eigenvalue weighted by molar-refractivity contribution is 0.607. The van der Waals surface area contributed by atoms with Crippen molar-refractivity contribution in [1.29, 1.82) is 0 Å². The Morgan fingerprint density at radius 2 is 1.84 bits per heavy atom. The zero-order valence-electron chi connectivity index (χ0n) is 13.0. The fourth-order valence-corrected chi connectivity index (χ4v) is 4.97. The molecule has 5 rings (SSSR count). The van der Waals surface area contributed by atoms with Crippen molar-refractivity contribution in [3.05, 3.63) is 53.0 Å². The van der Waals surface area contributed by atoms with Crippen LogP contribution in [0.4, 0.5) is 5.13 Å². The average molecular weight is 430 g/mol. The molecule has 0 fully saturated rings. The van der Waals surface area contributed by atoms with Crippen LogP contribution in [0, 0.1) is 0 Å². The zero-order chi connectivity index (χ0) is 16.8. The number of rotatable bonds is 2. The molecule has 0 spiro atoms. The first-order chi connectivity index (χ1) is 12.3. The maximum absolute atomic E-state index is 4.78. The lowest BCUT2D eigenvalue weighted by Gasteiger charge is -2.27. The van der Waals surface area contributed by atoms with Crippen LogP contribution in [0.15, 0.2) is 58.2 Å². The number of fused-ring (bicyclic) bond motifs is 2. The van der Waals surface area contributed by atoms with E-state index in [2.05, 4.69) is 65.9 Å². The zero-order valence-corrected chi connectivity index (χ0v) is 16.2. The molecule has 2 aromatic carbocycles. The van der Waals surface area contributed by atoms with E-state index in [1.54, 1.807) is 23.1 Å². The molecular weight excluding hydrogens is 418 g/mol. The summed E-state index contributed by atoms with van der Waals surface area (Å²) in [5, 5.41) is 10.7. The van der Waals surface area contributed by atoms with Crippen molar-refractivity contribution in [2.75, 3.05) is 10.8 Å². The van der Waals surface area contributed by atoms with Gasteiger partial charge in [-0.3, -0.25) is 4.57 Å². The number of nitrogens with zero attached hydrogens (tertiary/aromatic N) is 5. The normalized spacial score (nSPS) is 14.0. The Labute approximate surface area is 160 Å². The molecule has 0 unspecified atom stereocenters. The van der Waals surface area contributed by atoms with Crippen molar-refractivity contribution in [2.45, 2.75) is 11.8 Å². The highest BCUT2D eigenvalue weighted by Gasteiger charge is 2.24. The summed E-state index contributed by atoms with van der Waals surface area (Å²) < 4.78 is 4.43. The van der Waals surface area contributed by atoms with Crippen molar-refractivity contribution in [2.24, 2.45) is 0 Å². The molecule has 5 nitrogen and oxygen atoms in total. The van der Waals surface area contributed by atoms with E-state index >= 15 is 0 Å². The number of halogens is 1. The molecule has 2 aromatic heterocycles. The van der Waals surface area contributed by atoms with E-state index in [-0.39, 0.29) is 0 Å². The van der Waals surface area contributed by atoms with Crippen LogP contribution >= 0.6 is 39.0 Å². The van der Waals surface area contributed by atoms with Crippen LogP contribution in [-0.2, 0) is 6.67 Å². The van der Waals surface area contributed by atoms with Crippen LogP contribution < -0.4 is 4.90 Å². The van der Waals surface area contributed by atoms with Crippen LogP contribution in [0.25, 0.3) is 21.6 Å². The Kier molecular flexibility index (Phi) is 3.76. The Morgan fingerprint density at radius 3 is 2.68 bits per heavy atom. The second-order valence-electron chi connectivity index (χ2n) is 5.66. The van der Waals surface area contributed by atoms with E-state index in [1.807, 2.05) is 18.2 Å². The molecule has 1 aliphatic rings. The Bertz CT molecular complexity index is 1020. The number of benzene rings is 2. The SMILES string of the molecule is Brc1ccc(-c2nnc3n2CN(c2nc4ccccc4s2)CS3)cc1. The summed E-state index contributed by atoms with van der Waals surface area (Å²) in [6, 6.07) is 16.4. The monoisotopic (exact) mass is 429 g/mol. The highest BCUT2D eigenvalue weighted by molar-refractivity contribution is 9.10. The quantitative estimate of drug-likeness (QED) is 0.455. The summed E-state index contributed by atoms with van der Waals surface area (Å²) in [5.74, 6) is 1.72. The first kappa shape index (κ1) is 15.4. The third kappa shape index (κ3) is 2.74. The van der Waals surface area contributed by atoms with Gasteiger partial charge in [0.15, 0.2) is 16.1 Å². The molecule has 0 N–H and O–H groups in total. The fourth-order valence-electron chi connectivity index (χ4n) is 2.79. The molecule has 0 atom stereocenters. The van der Waals surface area contributed by atoms with Gasteiger partial charge >= 0.3 is 0 Å². The molecular formula is C17H12BrN5S2. The van der Waals surface area contributed by atoms with Crippen molar-refractivity contribution in [3.63, 3.8) is 0 Å². The topological polar surface area (TPSA) is 46.8 Å². The van der Waals surface area contributed by atoms with Crippen LogP contribution in [0.5, 0.6) is 0 Å². The molecule has 4 aromatic rings. The highest BCUT2D eigenvalue weighted by atomic mass is 79.9. The predicted octanol–water partition coefficient (Wildman–Crippen LogP) is 4.84. The Hall–Kier alpha value is -1.90. The molecule has 8 heteroatoms. The van der Waals surface area contributed by atoms with Gasteiger partial charge in [0.25, 0.3) is 0 Å². The van der Waals surface area contributed by atoms with E-state index in [0.29, 0.717) is 6.67 Å². The van der Waals surface area contributed by atoms with Crippen LogP contribution in [0.2, 0.25) is 0 Å². The van der Waals surface area contributed by atoms with Gasteiger partial charge in [0.05, 0.1) is 16.1 Å². The summed E-state index contributed by atoms with van der Waals surface area (Å²) in [6.45, 7) is 0.709. The van der Waals surface area contributed by atoms with Gasteiger partial charge in [-0.05, 0) is 24.3 Å². The van der Waals surface area contributed by atoms with Crippen molar-refractivity contribution >= 4 is 54.4 Å². The highest BCUT2D eigenvalue weighted by Crippen LogP contribution is 2.35. The number of hydrogen-bond acceptors (Lipinski definition) is 6. The molecule has 0 radical (unpaired) electrons. The molecule has 1 aliphatic heterocycles. The number of thiazole rings is 1. The first-order valence-electron chi connectivity index (χ1n) is 7.70. The minimum absolute atomic E-state index is 0.709. The van der Waals surface area contributed by atoms with Gasteiger partial charge in [-0.15, -0.1) is 10.2 Å². The Balaban J connectivity index is 1.51. The van der Waals surface area contributed by atoms with Crippen molar-refractivity contribution < 1.29 is 0 Å². The molecule has 3 heterocycles. The fraction of sp³-hybridized carbons (Fsp3) is 0.118. The van der Waals surface area contributed by atoms with E-state index in [9.17, 15) is 0 Å². The summed E-state index contributed by atoms with van der Waals surface area (Å²) in [7, 11) is 0. The van der Waals surface area contributed by atoms with Crippen molar-refractivity contribution in [3.8, 4) is 11.4 Å². The standard InChI is InChI=1S/C17H12BrN5S2/c18-12-7-5-11(6-8-12)15-20-21-17-23(15)9-22(10-24-17)16-19-13-3-1-2-4-14(13)25-16/h1-8H,9-10H2. The van der Waals surface area contributed by atoms with E-state index < -0.39 is 0 Å². The van der Waals surface area contributed by atoms with Crippen LogP contribution in [0.3, 0.4) is 0 Å². The maximum Gasteiger partial charge on any atom is 0.194 e. The van der Waals surface area contributed by atoms with Gasteiger partial charge in [0.1, 0.15) is 6.67 Å². The first-order valence-corrected chi connectivity index (χ1v) is 10.3. The van der Waals surface area contributed by atoms with Gasteiger partial charge in [-0.1, -0.05) is 63.3 Å². The second-order valence-corrected chi connectivity index (χ2v) is 8.50. The minimum atomic E-state index is 0.709.